The van der Waals surface area contributed by atoms with Crippen molar-refractivity contribution in [2.45, 2.75) is 78.1 Å². The van der Waals surface area contributed by atoms with E-state index >= 15 is 0 Å². The number of hydrogen-bond acceptors (Lipinski definition) is 5. The van der Waals surface area contributed by atoms with E-state index < -0.39 is 29.7 Å². The normalized spacial score (nSPS) is 14.9. The second-order valence-corrected chi connectivity index (χ2v) is 11.4. The van der Waals surface area contributed by atoms with Crippen molar-refractivity contribution in [3.63, 3.8) is 0 Å². The minimum Gasteiger partial charge on any atom is -0.444 e. The van der Waals surface area contributed by atoms with Crippen LogP contribution in [0.3, 0.4) is 0 Å². The van der Waals surface area contributed by atoms with Crippen LogP contribution in [-0.4, -0.2) is 46.2 Å². The second-order valence-electron chi connectivity index (χ2n) is 10.6. The van der Waals surface area contributed by atoms with E-state index in [0.29, 0.717) is 16.3 Å². The molecule has 1 fully saturated rings. The van der Waals surface area contributed by atoms with Gasteiger partial charge in [0.1, 0.15) is 17.7 Å². The van der Waals surface area contributed by atoms with E-state index in [1.54, 1.807) is 31.7 Å². The fourth-order valence-electron chi connectivity index (χ4n) is 4.27. The third-order valence-corrected chi connectivity index (χ3v) is 6.60. The molecule has 0 bridgehead atoms. The average molecular weight is 546 g/mol. The number of amides is 3. The van der Waals surface area contributed by atoms with Crippen molar-refractivity contribution < 1.29 is 19.1 Å². The molecule has 0 radical (unpaired) electrons. The molecule has 2 unspecified atom stereocenters. The van der Waals surface area contributed by atoms with E-state index in [1.165, 1.54) is 0 Å². The molecule has 1 aliphatic carbocycles. The molecule has 0 aliphatic heterocycles. The molecule has 1 saturated carbocycles. The predicted octanol–water partition coefficient (Wildman–Crippen LogP) is 5.76. The molecule has 0 aromatic heterocycles. The highest BCUT2D eigenvalue weighted by molar-refractivity contribution is 7.80. The van der Waals surface area contributed by atoms with Crippen LogP contribution in [0.4, 0.5) is 10.5 Å². The summed E-state index contributed by atoms with van der Waals surface area (Å²) < 4.78 is 5.36. The van der Waals surface area contributed by atoms with Crippen LogP contribution in [0.25, 0.3) is 0 Å². The van der Waals surface area contributed by atoms with Crippen molar-refractivity contribution in [1.82, 2.24) is 10.2 Å². The van der Waals surface area contributed by atoms with Crippen molar-refractivity contribution in [2.24, 2.45) is 0 Å². The number of hydrogen-bond donors (Lipinski definition) is 3. The van der Waals surface area contributed by atoms with Gasteiger partial charge in [-0.2, -0.15) is 12.6 Å². The maximum atomic E-state index is 13.9. The number of halogens is 1. The van der Waals surface area contributed by atoms with Crippen LogP contribution in [-0.2, 0) is 14.3 Å². The summed E-state index contributed by atoms with van der Waals surface area (Å²) in [6, 6.07) is 9.18. The number of benzene rings is 2. The van der Waals surface area contributed by atoms with Crippen LogP contribution >= 0.6 is 24.2 Å². The lowest BCUT2D eigenvalue weighted by Gasteiger charge is -2.34. The van der Waals surface area contributed by atoms with Gasteiger partial charge in [-0.3, -0.25) is 9.59 Å². The Morgan fingerprint density at radius 2 is 1.73 bits per heavy atom. The van der Waals surface area contributed by atoms with Gasteiger partial charge in [0.05, 0.1) is 10.7 Å². The van der Waals surface area contributed by atoms with Gasteiger partial charge in [0, 0.05) is 11.8 Å². The summed E-state index contributed by atoms with van der Waals surface area (Å²) in [5, 5.41) is 6.02. The molecular weight excluding hydrogens is 510 g/mol. The van der Waals surface area contributed by atoms with Gasteiger partial charge >= 0.3 is 6.09 Å². The number of carbonyl (C=O) groups is 3. The maximum absolute atomic E-state index is 13.9. The molecule has 1 aliphatic rings. The predicted molar refractivity (Wildman–Crippen MR) is 150 cm³/mol. The van der Waals surface area contributed by atoms with Gasteiger partial charge < -0.3 is 20.3 Å². The third-order valence-electron chi connectivity index (χ3n) is 5.92. The summed E-state index contributed by atoms with van der Waals surface area (Å²) in [5.74, 6) is -0.721. The van der Waals surface area contributed by atoms with Crippen molar-refractivity contribution in [3.05, 3.63) is 63.7 Å². The summed E-state index contributed by atoms with van der Waals surface area (Å²) in [5.41, 5.74) is 3.23. The number of nitrogens with one attached hydrogen (secondary N) is 2. The zero-order valence-electron chi connectivity index (χ0n) is 22.2. The second kappa shape index (κ2) is 11.8. The van der Waals surface area contributed by atoms with E-state index in [4.69, 9.17) is 16.3 Å². The number of aryl methyl sites for hydroxylation is 3. The molecule has 3 rings (SSSR count). The van der Waals surface area contributed by atoms with Gasteiger partial charge in [0.25, 0.3) is 5.91 Å². The molecule has 0 saturated heterocycles. The number of ether oxygens (including phenoxy) is 1. The minimum atomic E-state index is -0.970. The Hall–Kier alpha value is -2.71. The van der Waals surface area contributed by atoms with Gasteiger partial charge in [0.2, 0.25) is 5.91 Å². The Balaban J connectivity index is 2.02. The monoisotopic (exact) mass is 545 g/mol. The largest absolute Gasteiger partial charge is 0.444 e. The summed E-state index contributed by atoms with van der Waals surface area (Å²) >= 11 is 10.7. The van der Waals surface area contributed by atoms with Crippen LogP contribution in [0.2, 0.25) is 5.02 Å². The Morgan fingerprint density at radius 3 is 2.24 bits per heavy atom. The lowest BCUT2D eigenvalue weighted by molar-refractivity contribution is -0.141. The molecule has 2 atom stereocenters. The van der Waals surface area contributed by atoms with Crippen LogP contribution in [0.15, 0.2) is 36.4 Å². The maximum Gasteiger partial charge on any atom is 0.408 e. The fourth-order valence-corrected chi connectivity index (χ4v) is 4.79. The Kier molecular flexibility index (Phi) is 9.18. The zero-order valence-corrected chi connectivity index (χ0v) is 23.9. The topological polar surface area (TPSA) is 87.7 Å². The molecule has 37 heavy (non-hydrogen) atoms. The molecule has 3 amide bonds. The summed E-state index contributed by atoms with van der Waals surface area (Å²) in [6.45, 7) is 11.0. The van der Waals surface area contributed by atoms with Gasteiger partial charge in [-0.05, 0) is 71.6 Å². The zero-order chi connectivity index (χ0) is 27.5. The van der Waals surface area contributed by atoms with Crippen molar-refractivity contribution in [1.29, 1.82) is 0 Å². The first-order chi connectivity index (χ1) is 17.3. The number of thiol groups is 1. The van der Waals surface area contributed by atoms with Crippen molar-refractivity contribution >= 4 is 47.8 Å². The summed E-state index contributed by atoms with van der Waals surface area (Å²) in [6.07, 6.45) is 0.809. The smallest absolute Gasteiger partial charge is 0.408 e. The van der Waals surface area contributed by atoms with E-state index in [9.17, 15) is 14.4 Å². The van der Waals surface area contributed by atoms with Gasteiger partial charge in [-0.15, -0.1) is 0 Å². The SMILES string of the molecule is Cc1cc(C)cc(C(C(=O)Nc2c(C)cccc2Cl)N(C(=O)C(CS)NC(=O)OC(C)(C)C)C2CC2)c1. The molecular formula is C28H36ClN3O4S. The first-order valence-corrected chi connectivity index (χ1v) is 13.4. The van der Waals surface area contributed by atoms with Gasteiger partial charge in [-0.25, -0.2) is 4.79 Å². The van der Waals surface area contributed by atoms with Crippen LogP contribution in [0, 0.1) is 20.8 Å². The highest BCUT2D eigenvalue weighted by atomic mass is 35.5. The van der Waals surface area contributed by atoms with Crippen molar-refractivity contribution in [3.8, 4) is 0 Å². The molecule has 0 heterocycles. The molecule has 2 aromatic carbocycles. The van der Waals surface area contributed by atoms with Crippen LogP contribution in [0.5, 0.6) is 0 Å². The fraction of sp³-hybridized carbons (Fsp3) is 0.464. The van der Waals surface area contributed by atoms with Crippen molar-refractivity contribution in [2.75, 3.05) is 11.1 Å². The van der Waals surface area contributed by atoms with E-state index in [1.807, 2.05) is 51.1 Å². The highest BCUT2D eigenvalue weighted by Crippen LogP contribution is 2.37. The number of carbonyl (C=O) groups excluding carboxylic acids is 3. The minimum absolute atomic E-state index is 0.0477. The highest BCUT2D eigenvalue weighted by Gasteiger charge is 2.44. The lowest BCUT2D eigenvalue weighted by Crippen LogP contribution is -2.54. The average Bonchev–Trinajstić information content (AvgIpc) is 3.61. The van der Waals surface area contributed by atoms with Gasteiger partial charge in [0.15, 0.2) is 0 Å². The molecule has 2 aromatic rings. The molecule has 9 heteroatoms. The molecule has 7 nitrogen and oxygen atoms in total. The number of rotatable bonds is 8. The first-order valence-electron chi connectivity index (χ1n) is 12.4. The summed E-state index contributed by atoms with van der Waals surface area (Å²) in [4.78, 5) is 42.0. The van der Waals surface area contributed by atoms with Gasteiger partial charge in [-0.1, -0.05) is 53.1 Å². The Bertz CT molecular complexity index is 1140. The molecule has 2 N–H and O–H groups in total. The Labute approximate surface area is 229 Å². The number of nitrogens with zero attached hydrogens (tertiary/aromatic N) is 1. The standard InChI is InChI=1S/C28H36ClN3O4S/c1-16-12-17(2)14-19(13-16)24(25(33)31-23-18(3)8-7-9-21(23)29)32(20-10-11-20)26(34)22(15-37)30-27(35)36-28(4,5)6/h7-9,12-14,20,22,24,37H,10-11,15H2,1-6H3,(H,30,35)(H,31,33). The third kappa shape index (κ3) is 7.65. The van der Waals surface area contributed by atoms with Crippen LogP contribution in [0.1, 0.15) is 61.9 Å². The van der Waals surface area contributed by atoms with E-state index in [2.05, 4.69) is 23.3 Å². The quantitative estimate of drug-likeness (QED) is 0.368. The lowest BCUT2D eigenvalue weighted by atomic mass is 9.98. The molecule has 0 spiro atoms. The number of para-hydroxylation sites is 1. The summed E-state index contributed by atoms with van der Waals surface area (Å²) in [7, 11) is 0. The Morgan fingerprint density at radius 1 is 1.11 bits per heavy atom. The number of alkyl carbamates (subject to hydrolysis) is 1. The van der Waals surface area contributed by atoms with E-state index in [-0.39, 0.29) is 17.7 Å². The van der Waals surface area contributed by atoms with E-state index in [0.717, 1.165) is 29.5 Å². The van der Waals surface area contributed by atoms with Crippen LogP contribution < -0.4 is 10.6 Å². The molecule has 200 valence electrons. The first kappa shape index (κ1) is 28.9. The number of anilines is 1.